The van der Waals surface area contributed by atoms with E-state index in [0.29, 0.717) is 15.6 Å². The van der Waals surface area contributed by atoms with Gasteiger partial charge in [0.15, 0.2) is 6.61 Å². The molecule has 0 aliphatic heterocycles. The number of hydrogen-bond acceptors (Lipinski definition) is 3. The third-order valence-electron chi connectivity index (χ3n) is 2.78. The number of benzene rings is 1. The van der Waals surface area contributed by atoms with Crippen LogP contribution >= 0.6 is 15.9 Å². The first kappa shape index (κ1) is 17.3. The average molecular weight is 389 g/mol. The van der Waals surface area contributed by atoms with E-state index in [1.165, 1.54) is 6.20 Å². The second-order valence-electron chi connectivity index (χ2n) is 4.53. The van der Waals surface area contributed by atoms with E-state index in [0.717, 1.165) is 0 Å². The standard InChI is InChI=1S/C15H12BrF3N2O2/c16-12-6-2-1-5-11(12)13(22)21-8-10-4-3-7-20-14(10)23-9-15(17,18)19/h1-7H,8-9H2,(H,21,22). The van der Waals surface area contributed by atoms with Crippen LogP contribution in [0.4, 0.5) is 13.2 Å². The Hall–Kier alpha value is -2.09. The Morgan fingerprint density at radius 2 is 1.96 bits per heavy atom. The van der Waals surface area contributed by atoms with Gasteiger partial charge in [-0.3, -0.25) is 4.79 Å². The van der Waals surface area contributed by atoms with E-state index in [9.17, 15) is 18.0 Å². The summed E-state index contributed by atoms with van der Waals surface area (Å²) >= 11 is 3.26. The smallest absolute Gasteiger partial charge is 0.422 e. The maximum absolute atomic E-state index is 12.2. The van der Waals surface area contributed by atoms with E-state index in [2.05, 4.69) is 31.0 Å². The molecule has 0 fully saturated rings. The molecule has 2 aromatic rings. The van der Waals surface area contributed by atoms with E-state index in [1.54, 1.807) is 36.4 Å². The lowest BCUT2D eigenvalue weighted by molar-refractivity contribution is -0.154. The molecule has 0 unspecified atom stereocenters. The van der Waals surface area contributed by atoms with Crippen molar-refractivity contribution in [1.29, 1.82) is 0 Å². The maximum Gasteiger partial charge on any atom is 0.422 e. The topological polar surface area (TPSA) is 51.2 Å². The minimum absolute atomic E-state index is 0.00119. The molecule has 2 rings (SSSR count). The monoisotopic (exact) mass is 388 g/mol. The highest BCUT2D eigenvalue weighted by atomic mass is 79.9. The summed E-state index contributed by atoms with van der Waals surface area (Å²) in [7, 11) is 0. The van der Waals surface area contributed by atoms with Crippen LogP contribution in [-0.4, -0.2) is 23.7 Å². The van der Waals surface area contributed by atoms with Crippen LogP contribution in [0.3, 0.4) is 0 Å². The SMILES string of the molecule is O=C(NCc1cccnc1OCC(F)(F)F)c1ccccc1Br. The van der Waals surface area contributed by atoms with E-state index in [4.69, 9.17) is 0 Å². The molecular weight excluding hydrogens is 377 g/mol. The van der Waals surface area contributed by atoms with Crippen molar-refractivity contribution in [3.05, 3.63) is 58.2 Å². The first-order valence-corrected chi connectivity index (χ1v) is 7.32. The van der Waals surface area contributed by atoms with Gasteiger partial charge in [0.25, 0.3) is 5.91 Å². The third-order valence-corrected chi connectivity index (χ3v) is 3.47. The number of carbonyl (C=O) groups is 1. The average Bonchev–Trinajstić information content (AvgIpc) is 2.51. The number of carbonyl (C=O) groups excluding carboxylic acids is 1. The highest BCUT2D eigenvalue weighted by Gasteiger charge is 2.29. The van der Waals surface area contributed by atoms with Crippen molar-refractivity contribution < 1.29 is 22.7 Å². The van der Waals surface area contributed by atoms with Crippen molar-refractivity contribution in [2.75, 3.05) is 6.61 Å². The minimum atomic E-state index is -4.45. The molecule has 1 aromatic heterocycles. The highest BCUT2D eigenvalue weighted by Crippen LogP contribution is 2.20. The molecule has 0 radical (unpaired) electrons. The van der Waals surface area contributed by atoms with Crippen molar-refractivity contribution in [2.24, 2.45) is 0 Å². The van der Waals surface area contributed by atoms with Gasteiger partial charge in [-0.25, -0.2) is 4.98 Å². The number of alkyl halides is 3. The lowest BCUT2D eigenvalue weighted by Crippen LogP contribution is -2.24. The molecule has 1 amide bonds. The molecule has 4 nitrogen and oxygen atoms in total. The van der Waals surface area contributed by atoms with Gasteiger partial charge in [-0.1, -0.05) is 18.2 Å². The van der Waals surface area contributed by atoms with Crippen LogP contribution in [0.25, 0.3) is 0 Å². The van der Waals surface area contributed by atoms with Gasteiger partial charge < -0.3 is 10.1 Å². The van der Waals surface area contributed by atoms with Crippen LogP contribution in [0, 0.1) is 0 Å². The van der Waals surface area contributed by atoms with E-state index >= 15 is 0 Å². The zero-order valence-corrected chi connectivity index (χ0v) is 13.3. The fourth-order valence-corrected chi connectivity index (χ4v) is 2.22. The molecule has 122 valence electrons. The molecule has 0 atom stereocenters. The van der Waals surface area contributed by atoms with Crippen molar-refractivity contribution in [1.82, 2.24) is 10.3 Å². The molecule has 0 bridgehead atoms. The Balaban J connectivity index is 2.03. The summed E-state index contributed by atoms with van der Waals surface area (Å²) in [6.07, 6.45) is -3.13. The number of rotatable bonds is 5. The third kappa shape index (κ3) is 5.24. The summed E-state index contributed by atoms with van der Waals surface area (Å²) in [6, 6.07) is 9.92. The van der Waals surface area contributed by atoms with E-state index < -0.39 is 12.8 Å². The number of aromatic nitrogens is 1. The summed E-state index contributed by atoms with van der Waals surface area (Å²) < 4.78 is 42.0. The second-order valence-corrected chi connectivity index (χ2v) is 5.39. The summed E-state index contributed by atoms with van der Waals surface area (Å²) in [5, 5.41) is 2.62. The number of pyridine rings is 1. The van der Waals surface area contributed by atoms with Crippen LogP contribution in [0.2, 0.25) is 0 Å². The van der Waals surface area contributed by atoms with Crippen LogP contribution in [-0.2, 0) is 6.54 Å². The van der Waals surface area contributed by atoms with Crippen LogP contribution in [0.15, 0.2) is 47.1 Å². The Labute approximate surface area is 138 Å². The number of amides is 1. The van der Waals surface area contributed by atoms with E-state index in [1.807, 2.05) is 0 Å². The van der Waals surface area contributed by atoms with Crippen molar-refractivity contribution >= 4 is 21.8 Å². The molecule has 23 heavy (non-hydrogen) atoms. The molecule has 0 spiro atoms. The Morgan fingerprint density at radius 1 is 1.22 bits per heavy atom. The largest absolute Gasteiger partial charge is 0.468 e. The first-order valence-electron chi connectivity index (χ1n) is 6.53. The van der Waals surface area contributed by atoms with Crippen LogP contribution in [0.1, 0.15) is 15.9 Å². The van der Waals surface area contributed by atoms with Gasteiger partial charge in [-0.05, 0) is 34.1 Å². The predicted molar refractivity (Wildman–Crippen MR) is 81.1 cm³/mol. The number of ether oxygens (including phenoxy) is 1. The van der Waals surface area contributed by atoms with Gasteiger partial charge in [0.2, 0.25) is 5.88 Å². The fraction of sp³-hybridized carbons (Fsp3) is 0.200. The maximum atomic E-state index is 12.2. The molecule has 1 heterocycles. The molecule has 1 aromatic carbocycles. The zero-order chi connectivity index (χ0) is 16.9. The summed E-state index contributed by atoms with van der Waals surface area (Å²) in [6.45, 7) is -1.43. The predicted octanol–water partition coefficient (Wildman–Crippen LogP) is 3.72. The molecule has 0 saturated heterocycles. The molecule has 0 aliphatic rings. The van der Waals surface area contributed by atoms with Gasteiger partial charge in [0, 0.05) is 22.8 Å². The number of hydrogen-bond donors (Lipinski definition) is 1. The zero-order valence-electron chi connectivity index (χ0n) is 11.7. The van der Waals surface area contributed by atoms with Crippen molar-refractivity contribution in [3.8, 4) is 5.88 Å². The van der Waals surface area contributed by atoms with Crippen LogP contribution in [0.5, 0.6) is 5.88 Å². The Morgan fingerprint density at radius 3 is 2.65 bits per heavy atom. The second kappa shape index (κ2) is 7.45. The van der Waals surface area contributed by atoms with Gasteiger partial charge >= 0.3 is 6.18 Å². The molecule has 8 heteroatoms. The lowest BCUT2D eigenvalue weighted by Gasteiger charge is -2.12. The summed E-state index contributed by atoms with van der Waals surface area (Å²) in [5.74, 6) is -0.514. The Bertz CT molecular complexity index is 692. The first-order chi connectivity index (χ1) is 10.9. The number of halogens is 4. The summed E-state index contributed by atoms with van der Waals surface area (Å²) in [5.41, 5.74) is 0.784. The van der Waals surface area contributed by atoms with Gasteiger partial charge in [0.1, 0.15) is 0 Å². The normalized spacial score (nSPS) is 11.1. The minimum Gasteiger partial charge on any atom is -0.468 e. The van der Waals surface area contributed by atoms with Gasteiger partial charge in [-0.15, -0.1) is 0 Å². The van der Waals surface area contributed by atoms with Crippen molar-refractivity contribution in [2.45, 2.75) is 12.7 Å². The molecule has 0 aliphatic carbocycles. The molecule has 0 saturated carbocycles. The fourth-order valence-electron chi connectivity index (χ4n) is 1.75. The van der Waals surface area contributed by atoms with Crippen molar-refractivity contribution in [3.63, 3.8) is 0 Å². The highest BCUT2D eigenvalue weighted by molar-refractivity contribution is 9.10. The van der Waals surface area contributed by atoms with Gasteiger partial charge in [0.05, 0.1) is 5.56 Å². The summed E-state index contributed by atoms with van der Waals surface area (Å²) in [4.78, 5) is 15.9. The lowest BCUT2D eigenvalue weighted by atomic mass is 10.2. The van der Waals surface area contributed by atoms with Crippen LogP contribution < -0.4 is 10.1 Å². The van der Waals surface area contributed by atoms with E-state index in [-0.39, 0.29) is 18.3 Å². The van der Waals surface area contributed by atoms with Gasteiger partial charge in [-0.2, -0.15) is 13.2 Å². The quantitative estimate of drug-likeness (QED) is 0.849. The molecular formula is C15H12BrF3N2O2. The molecule has 1 N–H and O–H groups in total. The number of nitrogens with one attached hydrogen (secondary N) is 1. The Kier molecular flexibility index (Phi) is 5.59. The number of nitrogens with zero attached hydrogens (tertiary/aromatic N) is 1.